The first-order chi connectivity index (χ1) is 9.72. The van der Waals surface area contributed by atoms with Crippen molar-refractivity contribution in [2.75, 3.05) is 4.90 Å². The maximum atomic E-state index is 4.91. The molecule has 2 bridgehead atoms. The molecule has 2 fully saturated rings. The monoisotopic (exact) mass is 331 g/mol. The largest absolute Gasteiger partial charge is 0.349 e. The molecule has 0 N–H and O–H groups in total. The van der Waals surface area contributed by atoms with Crippen LogP contribution in [0.1, 0.15) is 31.4 Å². The second-order valence-electron chi connectivity index (χ2n) is 5.98. The summed E-state index contributed by atoms with van der Waals surface area (Å²) in [6.07, 6.45) is 5.04. The zero-order valence-corrected chi connectivity index (χ0v) is 13.2. The molecule has 2 aromatic rings. The van der Waals surface area contributed by atoms with Gasteiger partial charge in [-0.05, 0) is 44.7 Å². The molecule has 104 valence electrons. The van der Waals surface area contributed by atoms with Gasteiger partial charge in [0.2, 0.25) is 0 Å². The highest BCUT2D eigenvalue weighted by Crippen LogP contribution is 2.41. The van der Waals surface area contributed by atoms with E-state index in [1.54, 1.807) is 0 Å². The molecule has 2 unspecified atom stereocenters. The predicted molar refractivity (Wildman–Crippen MR) is 85.5 cm³/mol. The van der Waals surface area contributed by atoms with Crippen molar-refractivity contribution >= 4 is 32.8 Å². The van der Waals surface area contributed by atoms with Gasteiger partial charge in [-0.15, -0.1) is 0 Å². The predicted octanol–water partition coefficient (Wildman–Crippen LogP) is 3.83. The number of piperidine rings is 1. The van der Waals surface area contributed by atoms with Crippen LogP contribution in [0.2, 0.25) is 0 Å². The number of halogens is 1. The number of rotatable bonds is 1. The summed E-state index contributed by atoms with van der Waals surface area (Å²) in [5.74, 6) is 1.11. The zero-order valence-electron chi connectivity index (χ0n) is 11.6. The normalized spacial score (nSPS) is 29.1. The number of hydrogen-bond donors (Lipinski definition) is 0. The van der Waals surface area contributed by atoms with Crippen LogP contribution in [0, 0.1) is 6.92 Å². The zero-order chi connectivity index (χ0) is 13.7. The van der Waals surface area contributed by atoms with Crippen molar-refractivity contribution in [3.05, 3.63) is 30.0 Å². The average molecular weight is 332 g/mol. The Labute approximate surface area is 127 Å². The molecule has 4 rings (SSSR count). The molecule has 0 aliphatic carbocycles. The third-order valence-electron chi connectivity index (χ3n) is 4.64. The van der Waals surface area contributed by atoms with E-state index in [2.05, 4.69) is 33.8 Å². The lowest BCUT2D eigenvalue weighted by molar-refractivity contribution is 0.478. The van der Waals surface area contributed by atoms with Crippen molar-refractivity contribution in [3.63, 3.8) is 0 Å². The molecule has 4 heteroatoms. The molecule has 2 aliphatic rings. The van der Waals surface area contributed by atoms with E-state index in [0.29, 0.717) is 16.9 Å². The Kier molecular flexibility index (Phi) is 2.95. The first-order valence-electron chi connectivity index (χ1n) is 7.38. The second-order valence-corrected chi connectivity index (χ2v) is 7.28. The van der Waals surface area contributed by atoms with Gasteiger partial charge in [0.15, 0.2) is 5.82 Å². The Hall–Kier alpha value is -1.16. The first kappa shape index (κ1) is 12.6. The number of alkyl halides is 1. The Morgan fingerprint density at radius 3 is 2.30 bits per heavy atom. The molecule has 3 heterocycles. The van der Waals surface area contributed by atoms with Gasteiger partial charge in [0.05, 0.1) is 16.7 Å². The summed E-state index contributed by atoms with van der Waals surface area (Å²) < 4.78 is 0. The SMILES string of the molecule is Cc1nc2ccccc2nc1N1C2CCC1CC(Br)C2. The molecule has 0 spiro atoms. The lowest BCUT2D eigenvalue weighted by Gasteiger charge is -2.38. The van der Waals surface area contributed by atoms with Crippen molar-refractivity contribution in [3.8, 4) is 0 Å². The van der Waals surface area contributed by atoms with Crippen molar-refractivity contribution in [1.82, 2.24) is 9.97 Å². The number of para-hydroxylation sites is 2. The third kappa shape index (κ3) is 1.93. The molecule has 2 aliphatic heterocycles. The minimum absolute atomic E-state index is 0.632. The van der Waals surface area contributed by atoms with Gasteiger partial charge in [-0.2, -0.15) is 0 Å². The molecule has 1 aromatic carbocycles. The van der Waals surface area contributed by atoms with Crippen LogP contribution in [0.3, 0.4) is 0 Å². The van der Waals surface area contributed by atoms with E-state index in [9.17, 15) is 0 Å². The van der Waals surface area contributed by atoms with Crippen LogP contribution in [0.25, 0.3) is 11.0 Å². The van der Waals surface area contributed by atoms with Crippen LogP contribution in [-0.4, -0.2) is 26.9 Å². The molecule has 20 heavy (non-hydrogen) atoms. The lowest BCUT2D eigenvalue weighted by atomic mass is 10.0. The van der Waals surface area contributed by atoms with Gasteiger partial charge in [0.25, 0.3) is 0 Å². The molecule has 1 aromatic heterocycles. The summed E-state index contributed by atoms with van der Waals surface area (Å²) in [4.78, 5) is 12.9. The molecule has 0 radical (unpaired) electrons. The van der Waals surface area contributed by atoms with E-state index in [-0.39, 0.29) is 0 Å². The third-order valence-corrected chi connectivity index (χ3v) is 5.39. The standard InChI is InChI=1S/C16H18BrN3/c1-10-16(19-15-5-3-2-4-14(15)18-10)20-12-6-7-13(20)9-11(17)8-12/h2-5,11-13H,6-9H2,1H3. The van der Waals surface area contributed by atoms with Crippen molar-refractivity contribution in [2.24, 2.45) is 0 Å². The number of fused-ring (bicyclic) bond motifs is 3. The summed E-state index contributed by atoms with van der Waals surface area (Å²) in [6, 6.07) is 9.42. The topological polar surface area (TPSA) is 29.0 Å². The van der Waals surface area contributed by atoms with Crippen molar-refractivity contribution in [2.45, 2.75) is 49.5 Å². The highest BCUT2D eigenvalue weighted by Gasteiger charge is 2.41. The molecule has 0 amide bonds. The van der Waals surface area contributed by atoms with E-state index in [0.717, 1.165) is 22.5 Å². The fourth-order valence-corrected chi connectivity index (χ4v) is 4.64. The van der Waals surface area contributed by atoms with E-state index in [1.807, 2.05) is 18.2 Å². The highest BCUT2D eigenvalue weighted by atomic mass is 79.9. The second kappa shape index (κ2) is 4.69. The average Bonchev–Trinajstić information content (AvgIpc) is 2.70. The minimum Gasteiger partial charge on any atom is -0.349 e. The van der Waals surface area contributed by atoms with Crippen molar-refractivity contribution in [1.29, 1.82) is 0 Å². The quantitative estimate of drug-likeness (QED) is 0.743. The molecule has 2 atom stereocenters. The maximum Gasteiger partial charge on any atom is 0.151 e. The summed E-state index contributed by atoms with van der Waals surface area (Å²) in [5.41, 5.74) is 3.07. The molecule has 3 nitrogen and oxygen atoms in total. The van der Waals surface area contributed by atoms with Gasteiger partial charge >= 0.3 is 0 Å². The number of benzene rings is 1. The van der Waals surface area contributed by atoms with Crippen LogP contribution >= 0.6 is 15.9 Å². The molecular weight excluding hydrogens is 314 g/mol. The summed E-state index contributed by atoms with van der Waals surface area (Å²) >= 11 is 3.80. The summed E-state index contributed by atoms with van der Waals surface area (Å²) in [5, 5.41) is 0. The number of hydrogen-bond acceptors (Lipinski definition) is 3. The van der Waals surface area contributed by atoms with Gasteiger partial charge in [-0.1, -0.05) is 28.1 Å². The van der Waals surface area contributed by atoms with Crippen molar-refractivity contribution < 1.29 is 0 Å². The van der Waals surface area contributed by atoms with Crippen LogP contribution in [0.4, 0.5) is 5.82 Å². The highest BCUT2D eigenvalue weighted by molar-refractivity contribution is 9.09. The summed E-state index contributed by atoms with van der Waals surface area (Å²) in [7, 11) is 0. The molecular formula is C16H18BrN3. The van der Waals surface area contributed by atoms with E-state index >= 15 is 0 Å². The van der Waals surface area contributed by atoms with Gasteiger partial charge in [-0.3, -0.25) is 0 Å². The van der Waals surface area contributed by atoms with Crippen LogP contribution in [0.5, 0.6) is 0 Å². The Morgan fingerprint density at radius 2 is 1.65 bits per heavy atom. The first-order valence-corrected chi connectivity index (χ1v) is 8.30. The lowest BCUT2D eigenvalue weighted by Crippen LogP contribution is -2.44. The van der Waals surface area contributed by atoms with Crippen LogP contribution in [0.15, 0.2) is 24.3 Å². The van der Waals surface area contributed by atoms with E-state index in [1.165, 1.54) is 25.7 Å². The van der Waals surface area contributed by atoms with Gasteiger partial charge in [-0.25, -0.2) is 9.97 Å². The maximum absolute atomic E-state index is 4.91. The van der Waals surface area contributed by atoms with Crippen LogP contribution in [-0.2, 0) is 0 Å². The number of aromatic nitrogens is 2. The van der Waals surface area contributed by atoms with E-state index in [4.69, 9.17) is 9.97 Å². The molecule has 2 saturated heterocycles. The fraction of sp³-hybridized carbons (Fsp3) is 0.500. The minimum atomic E-state index is 0.632. The summed E-state index contributed by atoms with van der Waals surface area (Å²) in [6.45, 7) is 2.09. The Bertz CT molecular complexity index is 643. The van der Waals surface area contributed by atoms with E-state index < -0.39 is 0 Å². The van der Waals surface area contributed by atoms with Gasteiger partial charge in [0.1, 0.15) is 0 Å². The smallest absolute Gasteiger partial charge is 0.151 e. The molecule has 0 saturated carbocycles. The number of aryl methyl sites for hydroxylation is 1. The van der Waals surface area contributed by atoms with Gasteiger partial charge in [0, 0.05) is 16.9 Å². The Balaban J connectivity index is 1.80. The number of nitrogens with zero attached hydrogens (tertiary/aromatic N) is 3. The fourth-order valence-electron chi connectivity index (χ4n) is 3.78. The number of anilines is 1. The Morgan fingerprint density at radius 1 is 1.05 bits per heavy atom. The van der Waals surface area contributed by atoms with Crippen LogP contribution < -0.4 is 4.90 Å². The van der Waals surface area contributed by atoms with Gasteiger partial charge < -0.3 is 4.90 Å².